The van der Waals surface area contributed by atoms with E-state index in [-0.39, 0.29) is 24.8 Å². The fourth-order valence-electron chi connectivity index (χ4n) is 1.73. The lowest BCUT2D eigenvalue weighted by Crippen LogP contribution is -2.58. The first-order valence-electron chi connectivity index (χ1n) is 7.22. The maximum atomic E-state index is 11.9. The van der Waals surface area contributed by atoms with E-state index in [0.29, 0.717) is 18.5 Å². The summed E-state index contributed by atoms with van der Waals surface area (Å²) < 4.78 is 34.5. The maximum absolute atomic E-state index is 11.9. The number of thiophene rings is 1. The van der Waals surface area contributed by atoms with E-state index in [1.807, 2.05) is 11.4 Å². The lowest BCUT2D eigenvalue weighted by atomic mass is 10.2. The number of rotatable bonds is 7. The fraction of sp³-hybridized carbons (Fsp3) is 0.267. The van der Waals surface area contributed by atoms with Crippen LogP contribution < -0.4 is 23.7 Å². The summed E-state index contributed by atoms with van der Waals surface area (Å²) in [4.78, 5) is 16.5. The molecule has 0 aromatic carbocycles. The third-order valence-corrected chi connectivity index (χ3v) is 3.74. The third-order valence-electron chi connectivity index (χ3n) is 2.83. The van der Waals surface area contributed by atoms with Gasteiger partial charge < -0.3 is 15.2 Å². The van der Waals surface area contributed by atoms with Crippen molar-refractivity contribution >= 4 is 23.0 Å². The molecule has 0 radical (unpaired) electrons. The van der Waals surface area contributed by atoms with Crippen molar-refractivity contribution in [3.63, 3.8) is 0 Å². The molecule has 26 heavy (non-hydrogen) atoms. The molecule has 2 heterocycles. The monoisotopic (exact) mass is 404 g/mol. The number of halogens is 1. The van der Waals surface area contributed by atoms with Gasteiger partial charge in [0.25, 0.3) is 0 Å². The van der Waals surface area contributed by atoms with E-state index in [4.69, 9.17) is 23.7 Å². The standard InChI is InChI=1S/C15H16N2O3S.ClHO4/c18-9-2-6-16-15(20)12-4-7-17(8-5-12)11-13(19)14-3-1-10-21-14;2-1(3,4)5/h1,3-5,7-8,10,18H,2,6,9,11H2;(H,2,3,4,5). The topological polar surface area (TPSA) is 166 Å². The molecule has 2 aromatic heterocycles. The second-order valence-corrected chi connectivity index (χ2v) is 6.56. The number of hydrogen-bond acceptors (Lipinski definition) is 9. The highest BCUT2D eigenvalue weighted by molar-refractivity contribution is 7.12. The Morgan fingerprint density at radius 1 is 1.23 bits per heavy atom. The Labute approximate surface area is 155 Å². The quantitative estimate of drug-likeness (QED) is 0.157. The summed E-state index contributed by atoms with van der Waals surface area (Å²) in [5.41, 5.74) is 0.479. The number of Topliss-reactive ketones (excluding diaryl/α,β-unsaturated/α-hetero) is 1. The van der Waals surface area contributed by atoms with Gasteiger partial charge in [-0.25, -0.2) is 0 Å². The lowest BCUT2D eigenvalue weighted by molar-refractivity contribution is -1.92. The van der Waals surface area contributed by atoms with Gasteiger partial charge in [0.15, 0.2) is 12.4 Å². The minimum atomic E-state index is -4.69. The van der Waals surface area contributed by atoms with Crippen LogP contribution in [0.4, 0.5) is 0 Å². The fourth-order valence-corrected chi connectivity index (χ4v) is 2.39. The molecule has 0 aliphatic rings. The summed E-state index contributed by atoms with van der Waals surface area (Å²) in [5.74, 6) is -0.262. The van der Waals surface area contributed by atoms with Crippen LogP contribution in [0.5, 0.6) is 0 Å². The Hall–Kier alpha value is -1.92. The molecular formula is C15H17ClN2O7S. The number of aliphatic hydroxyl groups is 1. The van der Waals surface area contributed by atoms with Crippen molar-refractivity contribution in [3.05, 3.63) is 52.5 Å². The number of aromatic nitrogens is 1. The van der Waals surface area contributed by atoms with Crippen LogP contribution in [-0.2, 0) is 6.54 Å². The van der Waals surface area contributed by atoms with Crippen molar-refractivity contribution in [2.24, 2.45) is 4.99 Å². The molecule has 0 unspecified atom stereocenters. The van der Waals surface area contributed by atoms with E-state index < -0.39 is 10.2 Å². The first-order chi connectivity index (χ1) is 12.2. The molecule has 2 N–H and O–H groups in total. The van der Waals surface area contributed by atoms with E-state index in [0.717, 1.165) is 4.88 Å². The number of hydrogen-bond donors (Lipinski definition) is 2. The van der Waals surface area contributed by atoms with E-state index >= 15 is 0 Å². The smallest absolute Gasteiger partial charge is 0.237 e. The predicted octanol–water partition coefficient (Wildman–Crippen LogP) is -3.72. The van der Waals surface area contributed by atoms with E-state index in [9.17, 15) is 9.90 Å². The molecule has 0 saturated carbocycles. The van der Waals surface area contributed by atoms with Gasteiger partial charge in [0.1, 0.15) is 0 Å². The van der Waals surface area contributed by atoms with Crippen molar-refractivity contribution in [1.82, 2.24) is 0 Å². The molecule has 0 fully saturated rings. The largest absolute Gasteiger partial charge is 0.858 e. The van der Waals surface area contributed by atoms with Gasteiger partial charge in [0.05, 0.1) is 19.8 Å². The van der Waals surface area contributed by atoms with Crippen LogP contribution in [0.1, 0.15) is 21.7 Å². The molecule has 0 spiro atoms. The summed E-state index contributed by atoms with van der Waals surface area (Å²) in [5, 5.41) is 22.2. The minimum absolute atomic E-state index is 0.0242. The lowest BCUT2D eigenvalue weighted by Gasteiger charge is -2.09. The van der Waals surface area contributed by atoms with E-state index in [1.165, 1.54) is 11.3 Å². The average molecular weight is 405 g/mol. The molecule has 0 aliphatic carbocycles. The van der Waals surface area contributed by atoms with Gasteiger partial charge in [-0.05, 0) is 29.3 Å². The molecule has 0 saturated heterocycles. The van der Waals surface area contributed by atoms with Crippen LogP contribution in [-0.4, -0.2) is 34.6 Å². The zero-order valence-corrected chi connectivity index (χ0v) is 15.1. The van der Waals surface area contributed by atoms with E-state index in [1.54, 1.807) is 35.2 Å². The van der Waals surface area contributed by atoms with Gasteiger partial charge in [-0.2, -0.15) is 18.5 Å². The van der Waals surface area contributed by atoms with Crippen molar-refractivity contribution in [2.75, 3.05) is 13.2 Å². The van der Waals surface area contributed by atoms with Crippen LogP contribution >= 0.6 is 11.3 Å². The summed E-state index contributed by atoms with van der Waals surface area (Å²) in [6.07, 6.45) is 3.87. The van der Waals surface area contributed by atoms with Crippen LogP contribution in [0.15, 0.2) is 47.0 Å². The van der Waals surface area contributed by atoms with Gasteiger partial charge in [-0.15, -0.1) is 11.3 Å². The molecule has 0 atom stereocenters. The Balaban J connectivity index is 0.000000597. The SMILES string of the molecule is O=C(C[n+]1ccc(C([O-])=NCCCO)cc1)c1cccs1.[O-][Cl+3]([O-])([O-])O. The number of nitrogens with zero attached hydrogens (tertiary/aromatic N) is 2. The maximum Gasteiger partial charge on any atom is 0.237 e. The summed E-state index contributed by atoms with van der Waals surface area (Å²) >= 11 is 1.42. The van der Waals surface area contributed by atoms with Crippen LogP contribution in [0.2, 0.25) is 0 Å². The van der Waals surface area contributed by atoms with Crippen molar-refractivity contribution in [3.8, 4) is 0 Å². The van der Waals surface area contributed by atoms with Crippen molar-refractivity contribution < 1.29 is 48.5 Å². The predicted molar refractivity (Wildman–Crippen MR) is 80.6 cm³/mol. The second kappa shape index (κ2) is 10.9. The molecule has 142 valence electrons. The molecule has 0 amide bonds. The first-order valence-corrected chi connectivity index (χ1v) is 9.37. The highest BCUT2D eigenvalue weighted by atomic mass is 35.7. The summed E-state index contributed by atoms with van der Waals surface area (Å²) in [6.45, 7) is 0.591. The summed E-state index contributed by atoms with van der Waals surface area (Å²) in [6, 6.07) is 6.93. The number of aliphatic hydroxyl groups excluding tert-OH is 1. The summed E-state index contributed by atoms with van der Waals surface area (Å²) in [7, 11) is -4.69. The van der Waals surface area contributed by atoms with Gasteiger partial charge in [-0.3, -0.25) is 4.79 Å². The highest BCUT2D eigenvalue weighted by Crippen LogP contribution is 2.09. The second-order valence-electron chi connectivity index (χ2n) is 4.82. The van der Waals surface area contributed by atoms with E-state index in [2.05, 4.69) is 4.99 Å². The average Bonchev–Trinajstić information content (AvgIpc) is 3.09. The number of ketones is 1. The van der Waals surface area contributed by atoms with Crippen molar-refractivity contribution in [1.29, 1.82) is 0 Å². The number of aliphatic imine (C=N–C) groups is 1. The highest BCUT2D eigenvalue weighted by Gasteiger charge is 2.12. The van der Waals surface area contributed by atoms with Crippen LogP contribution in [0.25, 0.3) is 0 Å². The Bertz CT molecular complexity index is 694. The van der Waals surface area contributed by atoms with Crippen molar-refractivity contribution in [2.45, 2.75) is 13.0 Å². The van der Waals surface area contributed by atoms with Crippen LogP contribution in [0.3, 0.4) is 0 Å². The van der Waals surface area contributed by atoms with Gasteiger partial charge in [0.2, 0.25) is 12.3 Å². The molecule has 2 rings (SSSR count). The molecule has 2 aromatic rings. The molecule has 0 aliphatic heterocycles. The minimum Gasteiger partial charge on any atom is -0.858 e. The van der Waals surface area contributed by atoms with Gasteiger partial charge >= 0.3 is 0 Å². The molecule has 9 nitrogen and oxygen atoms in total. The number of carbonyl (C=O) groups excluding carboxylic acids is 1. The first kappa shape index (κ1) is 22.1. The molecular weight excluding hydrogens is 388 g/mol. The zero-order valence-electron chi connectivity index (χ0n) is 13.5. The van der Waals surface area contributed by atoms with Gasteiger partial charge in [-0.1, -0.05) is 6.07 Å². The zero-order chi connectivity index (χ0) is 19.6. The Morgan fingerprint density at radius 3 is 2.35 bits per heavy atom. The number of pyridine rings is 1. The number of carbonyl (C=O) groups is 1. The Morgan fingerprint density at radius 2 is 1.85 bits per heavy atom. The molecule has 0 bridgehead atoms. The van der Waals surface area contributed by atoms with Crippen LogP contribution in [0, 0.1) is 10.2 Å². The van der Waals surface area contributed by atoms with Gasteiger partial charge in [0, 0.05) is 25.3 Å². The Kier molecular flexibility index (Phi) is 9.30. The third kappa shape index (κ3) is 9.53. The normalized spacial score (nSPS) is 11.7. The molecule has 11 heteroatoms.